The van der Waals surface area contributed by atoms with Gasteiger partial charge < -0.3 is 5.32 Å². The van der Waals surface area contributed by atoms with Gasteiger partial charge in [-0.05, 0) is 30.5 Å². The molecule has 1 aromatic carbocycles. The summed E-state index contributed by atoms with van der Waals surface area (Å²) in [5.41, 5.74) is 2.17. The Balaban J connectivity index is 2.16. The number of nitrogens with one attached hydrogen (secondary N) is 1. The second-order valence-corrected chi connectivity index (χ2v) is 5.30. The van der Waals surface area contributed by atoms with E-state index in [0.29, 0.717) is 5.02 Å². The fraction of sp³-hybridized carbons (Fsp3) is 0.462. The number of amides is 1. The lowest BCUT2D eigenvalue weighted by molar-refractivity contribution is 0.0925. The summed E-state index contributed by atoms with van der Waals surface area (Å²) in [6.45, 7) is 0.792. The van der Waals surface area contributed by atoms with Gasteiger partial charge in [-0.15, -0.1) is 0 Å². The Kier molecular flexibility index (Phi) is 2.21. The third-order valence-corrected chi connectivity index (χ3v) is 4.18. The average Bonchev–Trinajstić information content (AvgIpc) is 2.74. The summed E-state index contributed by atoms with van der Waals surface area (Å²) in [5.74, 6) is 0.0232. The molecule has 0 radical (unpaired) electrons. The molecule has 0 unspecified atom stereocenters. The molecule has 0 aromatic heterocycles. The molecule has 84 valence electrons. The largest absolute Gasteiger partial charge is 0.351 e. The molecule has 0 bridgehead atoms. The molecule has 0 saturated heterocycles. The molecule has 2 nitrogen and oxygen atoms in total. The summed E-state index contributed by atoms with van der Waals surface area (Å²) in [5, 5.41) is 3.64. The highest BCUT2D eigenvalue weighted by atomic mass is 35.5. The highest BCUT2D eigenvalue weighted by Gasteiger charge is 2.41. The SMILES string of the molecule is O=C1NCC2(CCCC2)c2ccc(Cl)cc21. The van der Waals surface area contributed by atoms with E-state index in [9.17, 15) is 4.79 Å². The van der Waals surface area contributed by atoms with Crippen LogP contribution in [0.4, 0.5) is 0 Å². The van der Waals surface area contributed by atoms with Gasteiger partial charge in [0.15, 0.2) is 0 Å². The van der Waals surface area contributed by atoms with Gasteiger partial charge in [0.2, 0.25) is 0 Å². The first kappa shape index (κ1) is 10.2. The first-order valence-electron chi connectivity index (χ1n) is 5.80. The van der Waals surface area contributed by atoms with Crippen molar-refractivity contribution in [3.63, 3.8) is 0 Å². The minimum absolute atomic E-state index is 0.0232. The number of hydrogen-bond donors (Lipinski definition) is 1. The Morgan fingerprint density at radius 3 is 2.75 bits per heavy atom. The normalized spacial score (nSPS) is 21.9. The zero-order valence-corrected chi connectivity index (χ0v) is 9.81. The van der Waals surface area contributed by atoms with Gasteiger partial charge >= 0.3 is 0 Å². The predicted molar refractivity (Wildman–Crippen MR) is 63.9 cm³/mol. The van der Waals surface area contributed by atoms with E-state index in [0.717, 1.165) is 12.1 Å². The first-order chi connectivity index (χ1) is 7.71. The minimum Gasteiger partial charge on any atom is -0.351 e. The van der Waals surface area contributed by atoms with Crippen LogP contribution in [-0.2, 0) is 5.41 Å². The lowest BCUT2D eigenvalue weighted by Crippen LogP contribution is -2.45. The van der Waals surface area contributed by atoms with Gasteiger partial charge in [0.25, 0.3) is 5.91 Å². The molecule has 0 atom stereocenters. The molecule has 1 N–H and O–H groups in total. The van der Waals surface area contributed by atoms with E-state index < -0.39 is 0 Å². The third-order valence-electron chi connectivity index (χ3n) is 3.95. The number of carbonyl (C=O) groups excluding carboxylic acids is 1. The maximum Gasteiger partial charge on any atom is 0.251 e. The number of hydrogen-bond acceptors (Lipinski definition) is 1. The molecular formula is C13H14ClNO. The smallest absolute Gasteiger partial charge is 0.251 e. The van der Waals surface area contributed by atoms with Crippen molar-refractivity contribution in [2.45, 2.75) is 31.1 Å². The molecule has 1 aliphatic heterocycles. The number of halogens is 1. The van der Waals surface area contributed by atoms with Gasteiger partial charge in [-0.2, -0.15) is 0 Å². The van der Waals surface area contributed by atoms with Crippen molar-refractivity contribution in [2.24, 2.45) is 0 Å². The molecule has 1 aliphatic carbocycles. The van der Waals surface area contributed by atoms with Crippen LogP contribution < -0.4 is 5.32 Å². The van der Waals surface area contributed by atoms with Crippen LogP contribution in [0.1, 0.15) is 41.6 Å². The Morgan fingerprint density at radius 1 is 1.25 bits per heavy atom. The summed E-state index contributed by atoms with van der Waals surface area (Å²) in [4.78, 5) is 11.8. The van der Waals surface area contributed by atoms with Crippen molar-refractivity contribution in [3.05, 3.63) is 34.3 Å². The lowest BCUT2D eigenvalue weighted by Gasteiger charge is -2.35. The van der Waals surface area contributed by atoms with Crippen molar-refractivity contribution in [1.29, 1.82) is 0 Å². The van der Waals surface area contributed by atoms with Crippen LogP contribution in [0, 0.1) is 0 Å². The van der Waals surface area contributed by atoms with Crippen LogP contribution in [0.15, 0.2) is 18.2 Å². The highest BCUT2D eigenvalue weighted by molar-refractivity contribution is 6.31. The quantitative estimate of drug-likeness (QED) is 0.736. The van der Waals surface area contributed by atoms with Gasteiger partial charge in [-0.1, -0.05) is 30.5 Å². The summed E-state index contributed by atoms with van der Waals surface area (Å²) in [7, 11) is 0. The van der Waals surface area contributed by atoms with Gasteiger partial charge in [0.05, 0.1) is 0 Å². The summed E-state index contributed by atoms with van der Waals surface area (Å²) in [6.07, 6.45) is 4.89. The predicted octanol–water partition coefficient (Wildman–Crippen LogP) is 2.90. The third kappa shape index (κ3) is 1.36. The van der Waals surface area contributed by atoms with E-state index in [4.69, 9.17) is 11.6 Å². The Bertz CT molecular complexity index is 449. The molecule has 1 amide bonds. The standard InChI is InChI=1S/C13H14ClNO/c14-9-3-4-11-10(7-9)12(16)15-8-13(11)5-1-2-6-13/h3-4,7H,1-2,5-6,8H2,(H,15,16). The number of fused-ring (bicyclic) bond motifs is 2. The summed E-state index contributed by atoms with van der Waals surface area (Å²) < 4.78 is 0. The van der Waals surface area contributed by atoms with Crippen LogP contribution in [0.3, 0.4) is 0 Å². The average molecular weight is 236 g/mol. The maximum atomic E-state index is 11.8. The molecule has 16 heavy (non-hydrogen) atoms. The van der Waals surface area contributed by atoms with Gasteiger partial charge in [0, 0.05) is 22.5 Å². The second kappa shape index (κ2) is 3.49. The fourth-order valence-electron chi connectivity index (χ4n) is 3.10. The van der Waals surface area contributed by atoms with Crippen molar-refractivity contribution in [2.75, 3.05) is 6.54 Å². The molecule has 1 aromatic rings. The number of carbonyl (C=O) groups is 1. The van der Waals surface area contributed by atoms with Gasteiger partial charge in [-0.3, -0.25) is 4.79 Å². The van der Waals surface area contributed by atoms with Crippen LogP contribution in [0.5, 0.6) is 0 Å². The first-order valence-corrected chi connectivity index (χ1v) is 6.17. The van der Waals surface area contributed by atoms with Gasteiger partial charge in [-0.25, -0.2) is 0 Å². The van der Waals surface area contributed by atoms with E-state index in [1.54, 1.807) is 6.07 Å². The summed E-state index contributed by atoms with van der Waals surface area (Å²) >= 11 is 5.96. The van der Waals surface area contributed by atoms with E-state index in [2.05, 4.69) is 5.32 Å². The molecule has 2 aliphatic rings. The monoisotopic (exact) mass is 235 g/mol. The van der Waals surface area contributed by atoms with E-state index in [1.807, 2.05) is 12.1 Å². The molecule has 1 fully saturated rings. The Labute approximate surface area is 100.0 Å². The molecule has 1 spiro atoms. The molecule has 3 heteroatoms. The number of benzene rings is 1. The molecule has 3 rings (SSSR count). The van der Waals surface area contributed by atoms with Crippen LogP contribution in [-0.4, -0.2) is 12.5 Å². The lowest BCUT2D eigenvalue weighted by atomic mass is 9.74. The van der Waals surface area contributed by atoms with Crippen molar-refractivity contribution < 1.29 is 4.79 Å². The summed E-state index contributed by atoms with van der Waals surface area (Å²) in [6, 6.07) is 5.74. The van der Waals surface area contributed by atoms with Crippen LogP contribution in [0.25, 0.3) is 0 Å². The Morgan fingerprint density at radius 2 is 2.00 bits per heavy atom. The highest BCUT2D eigenvalue weighted by Crippen LogP contribution is 2.44. The van der Waals surface area contributed by atoms with Crippen molar-refractivity contribution in [1.82, 2.24) is 5.32 Å². The maximum absolute atomic E-state index is 11.8. The van der Waals surface area contributed by atoms with E-state index >= 15 is 0 Å². The minimum atomic E-state index is 0.0232. The van der Waals surface area contributed by atoms with Crippen LogP contribution >= 0.6 is 11.6 Å². The fourth-order valence-corrected chi connectivity index (χ4v) is 3.28. The molecule has 1 saturated carbocycles. The second-order valence-electron chi connectivity index (χ2n) is 4.86. The van der Waals surface area contributed by atoms with E-state index in [-0.39, 0.29) is 11.3 Å². The van der Waals surface area contributed by atoms with Crippen LogP contribution in [0.2, 0.25) is 5.02 Å². The Hall–Kier alpha value is -1.02. The number of rotatable bonds is 0. The van der Waals surface area contributed by atoms with E-state index in [1.165, 1.54) is 31.2 Å². The van der Waals surface area contributed by atoms with Crippen molar-refractivity contribution in [3.8, 4) is 0 Å². The zero-order chi connectivity index (χ0) is 11.2. The van der Waals surface area contributed by atoms with Crippen molar-refractivity contribution >= 4 is 17.5 Å². The molecular weight excluding hydrogens is 222 g/mol. The van der Waals surface area contributed by atoms with Gasteiger partial charge in [0.1, 0.15) is 0 Å². The molecule has 1 heterocycles. The zero-order valence-electron chi connectivity index (χ0n) is 9.05. The topological polar surface area (TPSA) is 29.1 Å².